The van der Waals surface area contributed by atoms with Crippen LogP contribution in [0.15, 0.2) is 70.7 Å². The summed E-state index contributed by atoms with van der Waals surface area (Å²) in [7, 11) is -4.03. The van der Waals surface area contributed by atoms with E-state index in [4.69, 9.17) is 0 Å². The van der Waals surface area contributed by atoms with Gasteiger partial charge in [0, 0.05) is 18.7 Å². The molecule has 4 rings (SSSR count). The Morgan fingerprint density at radius 1 is 0.875 bits per heavy atom. The van der Waals surface area contributed by atoms with Crippen LogP contribution >= 0.6 is 0 Å². The molecule has 0 aromatic heterocycles. The van der Waals surface area contributed by atoms with Crippen LogP contribution in [0, 0.1) is 11.6 Å². The maximum absolute atomic E-state index is 14.6. The molecule has 0 radical (unpaired) electrons. The summed E-state index contributed by atoms with van der Waals surface area (Å²) < 4.78 is 161. The van der Waals surface area contributed by atoms with Crippen molar-refractivity contribution in [3.8, 4) is 11.1 Å². The highest BCUT2D eigenvalue weighted by atomic mass is 32.2. The topological polar surface area (TPSA) is 49.7 Å². The van der Waals surface area contributed by atoms with Gasteiger partial charge in [-0.25, -0.2) is 17.2 Å². The van der Waals surface area contributed by atoms with Crippen molar-refractivity contribution < 1.29 is 52.3 Å². The third-order valence-corrected chi connectivity index (χ3v) is 7.20. The van der Waals surface area contributed by atoms with Gasteiger partial charge in [0.2, 0.25) is 0 Å². The number of hydrazone groups is 1. The lowest BCUT2D eigenvalue weighted by atomic mass is 9.93. The molecule has 1 atom stereocenters. The van der Waals surface area contributed by atoms with Gasteiger partial charge in [0.25, 0.3) is 0 Å². The van der Waals surface area contributed by atoms with Crippen molar-refractivity contribution in [2.75, 3.05) is 11.3 Å². The smallest absolute Gasteiger partial charge is 0.255 e. The van der Waals surface area contributed by atoms with E-state index in [0.717, 1.165) is 30.3 Å². The van der Waals surface area contributed by atoms with Crippen molar-refractivity contribution in [3.63, 3.8) is 0 Å². The van der Waals surface area contributed by atoms with E-state index in [1.165, 1.54) is 18.2 Å². The number of anilines is 1. The quantitative estimate of drug-likeness (QED) is 0.285. The molecule has 1 aliphatic heterocycles. The number of sulfone groups is 1. The van der Waals surface area contributed by atoms with Crippen LogP contribution < -0.4 is 5.01 Å². The number of hydrogen-bond donors (Lipinski definition) is 0. The van der Waals surface area contributed by atoms with Gasteiger partial charge < -0.3 is 0 Å². The summed E-state index contributed by atoms with van der Waals surface area (Å²) in [5.74, 6) is -7.84. The molecule has 15 heteroatoms. The van der Waals surface area contributed by atoms with Gasteiger partial charge in [0.15, 0.2) is 15.7 Å². The van der Waals surface area contributed by atoms with E-state index in [1.807, 2.05) is 0 Å². The predicted octanol–water partition coefficient (Wildman–Crippen LogP) is 7.56. The first-order valence-corrected chi connectivity index (χ1v) is 13.0. The van der Waals surface area contributed by atoms with Crippen LogP contribution in [0.3, 0.4) is 0 Å². The van der Waals surface area contributed by atoms with Crippen LogP contribution in [0.5, 0.6) is 0 Å². The van der Waals surface area contributed by atoms with E-state index in [0.29, 0.717) is 23.4 Å². The van der Waals surface area contributed by atoms with E-state index >= 15 is 0 Å². The third-order valence-electron chi connectivity index (χ3n) is 6.09. The van der Waals surface area contributed by atoms with Crippen molar-refractivity contribution in [1.82, 2.24) is 0 Å². The molecule has 3 aromatic carbocycles. The molecule has 0 amide bonds. The Hall–Kier alpha value is -3.62. The fraction of sp³-hybridized carbons (Fsp3) is 0.240. The summed E-state index contributed by atoms with van der Waals surface area (Å²) in [6.07, 6.45) is -11.5. The van der Waals surface area contributed by atoms with Gasteiger partial charge in [-0.3, -0.25) is 5.01 Å². The molecular formula is C25H16F10N2O2S. The maximum Gasteiger partial charge on any atom is 0.459 e. The summed E-state index contributed by atoms with van der Waals surface area (Å²) in [5.41, 5.74) is -4.52. The number of rotatable bonds is 5. The normalized spacial score (nSPS) is 16.8. The molecule has 4 nitrogen and oxygen atoms in total. The van der Waals surface area contributed by atoms with Crippen LogP contribution in [0.2, 0.25) is 0 Å². The summed E-state index contributed by atoms with van der Waals surface area (Å²) in [5, 5.41) is 3.80. The van der Waals surface area contributed by atoms with E-state index in [2.05, 4.69) is 5.10 Å². The molecule has 0 saturated carbocycles. The zero-order valence-corrected chi connectivity index (χ0v) is 20.8. The average Bonchev–Trinajstić information content (AvgIpc) is 3.28. The number of benzene rings is 3. The van der Waals surface area contributed by atoms with Gasteiger partial charge in [0.1, 0.15) is 11.5 Å². The molecular weight excluding hydrogens is 582 g/mol. The average molecular weight is 598 g/mol. The van der Waals surface area contributed by atoms with Crippen molar-refractivity contribution in [2.24, 2.45) is 5.10 Å². The third kappa shape index (κ3) is 5.51. The van der Waals surface area contributed by atoms with Gasteiger partial charge in [-0.2, -0.15) is 40.2 Å². The molecule has 0 saturated heterocycles. The Morgan fingerprint density at radius 3 is 2.12 bits per heavy atom. The van der Waals surface area contributed by atoms with Crippen molar-refractivity contribution in [2.45, 2.75) is 35.6 Å². The Bertz CT molecular complexity index is 1600. The van der Waals surface area contributed by atoms with Gasteiger partial charge in [-0.05, 0) is 47.0 Å². The lowest BCUT2D eigenvalue weighted by Crippen LogP contribution is -2.43. The number of alkyl halides is 8. The second kappa shape index (κ2) is 9.78. The van der Waals surface area contributed by atoms with Gasteiger partial charge in [0.05, 0.1) is 22.2 Å². The van der Waals surface area contributed by atoms with Crippen LogP contribution in [0.25, 0.3) is 11.1 Å². The fourth-order valence-corrected chi connectivity index (χ4v) is 4.81. The van der Waals surface area contributed by atoms with Crippen molar-refractivity contribution in [3.05, 3.63) is 83.4 Å². The molecule has 3 aromatic rings. The fourth-order valence-electron chi connectivity index (χ4n) is 4.17. The highest BCUT2D eigenvalue weighted by molar-refractivity contribution is 7.90. The molecule has 0 bridgehead atoms. The minimum atomic E-state index is -6.06. The minimum Gasteiger partial charge on any atom is -0.255 e. The zero-order valence-electron chi connectivity index (χ0n) is 20.0. The van der Waals surface area contributed by atoms with Gasteiger partial charge >= 0.3 is 18.3 Å². The number of halogens is 10. The molecule has 40 heavy (non-hydrogen) atoms. The highest BCUT2D eigenvalue weighted by Crippen LogP contribution is 2.46. The van der Waals surface area contributed by atoms with Crippen molar-refractivity contribution in [1.29, 1.82) is 0 Å². The lowest BCUT2D eigenvalue weighted by Gasteiger charge is -2.25. The number of hydrogen-bond acceptors (Lipinski definition) is 4. The highest BCUT2D eigenvalue weighted by Gasteiger charge is 2.63. The summed E-state index contributed by atoms with van der Waals surface area (Å²) in [6.45, 7) is 0. The molecule has 0 aliphatic carbocycles. The minimum absolute atomic E-state index is 0.127. The first-order chi connectivity index (χ1) is 18.3. The Morgan fingerprint density at radius 2 is 1.55 bits per heavy atom. The SMILES string of the molecule is CS(=O)(=O)c1ccc(-c2cccc(C3CC(C(F)(F)C(F)(F)F)=NN3c3ccc(F)cc3F)c2)c(C(F)(F)F)c1. The van der Waals surface area contributed by atoms with E-state index in [9.17, 15) is 52.3 Å². The lowest BCUT2D eigenvalue weighted by molar-refractivity contribution is -0.249. The van der Waals surface area contributed by atoms with Crippen LogP contribution in [-0.2, 0) is 16.0 Å². The Labute approximate surface area is 220 Å². The van der Waals surface area contributed by atoms with Crippen LogP contribution in [0.4, 0.5) is 49.6 Å². The van der Waals surface area contributed by atoms with E-state index in [1.54, 1.807) is 0 Å². The second-order valence-corrected chi connectivity index (χ2v) is 10.9. The van der Waals surface area contributed by atoms with Gasteiger partial charge in [-0.15, -0.1) is 0 Å². The molecule has 0 spiro atoms. The van der Waals surface area contributed by atoms with Crippen LogP contribution in [0.1, 0.15) is 23.6 Å². The summed E-state index contributed by atoms with van der Waals surface area (Å²) in [6, 6.07) is 7.12. The van der Waals surface area contributed by atoms with E-state index < -0.39 is 79.6 Å². The van der Waals surface area contributed by atoms with Crippen molar-refractivity contribution >= 4 is 21.2 Å². The first-order valence-electron chi connectivity index (χ1n) is 11.1. The Kier molecular flexibility index (Phi) is 7.18. The maximum atomic E-state index is 14.6. The zero-order chi connectivity index (χ0) is 29.8. The summed E-state index contributed by atoms with van der Waals surface area (Å²) in [4.78, 5) is -0.624. The first kappa shape index (κ1) is 29.4. The van der Waals surface area contributed by atoms with Crippen LogP contribution in [-0.4, -0.2) is 32.5 Å². The Balaban J connectivity index is 1.86. The van der Waals surface area contributed by atoms with Gasteiger partial charge in [-0.1, -0.05) is 24.3 Å². The number of nitrogens with zero attached hydrogens (tertiary/aromatic N) is 2. The second-order valence-electron chi connectivity index (χ2n) is 8.88. The molecule has 1 heterocycles. The molecule has 0 fully saturated rings. The molecule has 1 unspecified atom stereocenters. The largest absolute Gasteiger partial charge is 0.459 e. The predicted molar refractivity (Wildman–Crippen MR) is 125 cm³/mol. The molecule has 1 aliphatic rings. The molecule has 0 N–H and O–H groups in total. The molecule has 214 valence electrons. The van der Waals surface area contributed by atoms with E-state index in [-0.39, 0.29) is 11.1 Å². The summed E-state index contributed by atoms with van der Waals surface area (Å²) >= 11 is 0. The monoisotopic (exact) mass is 598 g/mol. The standard InChI is InChI=1S/C25H16F10N2O2S/c1-40(38,39)16-6-7-17(18(11-16)24(30,31)32)13-3-2-4-14(9-13)21-12-22(23(28,29)25(33,34)35)36-37(21)20-8-5-15(26)10-19(20)27/h2-11,21H,12H2,1H3.